The van der Waals surface area contributed by atoms with Gasteiger partial charge in [-0.25, -0.2) is 0 Å². The normalized spacial score (nSPS) is 15.8. The summed E-state index contributed by atoms with van der Waals surface area (Å²) in [5.74, 6) is 0.659. The molecule has 1 heterocycles. The zero-order valence-electron chi connectivity index (χ0n) is 12.5. The van der Waals surface area contributed by atoms with Gasteiger partial charge in [0, 0.05) is 0 Å². The molecule has 0 spiro atoms. The van der Waals surface area contributed by atoms with Crippen molar-refractivity contribution in [1.29, 1.82) is 0 Å². The fourth-order valence-corrected chi connectivity index (χ4v) is 3.13. The number of thiocarbonyl (C=S) groups is 1. The average Bonchev–Trinajstić information content (AvgIpc) is 2.86. The van der Waals surface area contributed by atoms with Crippen LogP contribution in [0.4, 0.5) is 0 Å². The Balaban J connectivity index is 1.63. The lowest BCUT2D eigenvalue weighted by Crippen LogP contribution is -2.17. The molecule has 23 heavy (non-hydrogen) atoms. The molecule has 0 radical (unpaired) electrons. The van der Waals surface area contributed by atoms with Crippen LogP contribution in [0.25, 0.3) is 6.08 Å². The van der Waals surface area contributed by atoms with E-state index in [2.05, 4.69) is 36.5 Å². The van der Waals surface area contributed by atoms with E-state index in [1.54, 1.807) is 0 Å². The third-order valence-electron chi connectivity index (χ3n) is 3.35. The van der Waals surface area contributed by atoms with Crippen LogP contribution in [0.3, 0.4) is 0 Å². The van der Waals surface area contributed by atoms with E-state index in [9.17, 15) is 4.79 Å². The number of carbonyl (C=O) groups excluding carboxylic acids is 1. The minimum atomic E-state index is -0.139. The van der Waals surface area contributed by atoms with E-state index in [0.717, 1.165) is 16.9 Å². The summed E-state index contributed by atoms with van der Waals surface area (Å²) in [6.07, 6.45) is 1.82. The molecule has 0 unspecified atom stereocenters. The number of benzene rings is 2. The first-order chi connectivity index (χ1) is 11.1. The molecule has 0 atom stereocenters. The first-order valence-electron chi connectivity index (χ1n) is 7.13. The van der Waals surface area contributed by atoms with Crippen LogP contribution in [0.2, 0.25) is 0 Å². The van der Waals surface area contributed by atoms with E-state index in [4.69, 9.17) is 17.0 Å². The van der Waals surface area contributed by atoms with Crippen LogP contribution >= 0.6 is 24.0 Å². The third-order valence-corrected chi connectivity index (χ3v) is 4.51. The fraction of sp³-hybridized carbons (Fsp3) is 0.111. The second kappa shape index (κ2) is 6.98. The Labute approximate surface area is 144 Å². The molecule has 1 amide bonds. The van der Waals surface area contributed by atoms with Gasteiger partial charge in [-0.2, -0.15) is 0 Å². The Kier molecular flexibility index (Phi) is 4.79. The van der Waals surface area contributed by atoms with Gasteiger partial charge in [0.05, 0.1) is 4.91 Å². The summed E-state index contributed by atoms with van der Waals surface area (Å²) in [6.45, 7) is 2.60. The van der Waals surface area contributed by atoms with Crippen molar-refractivity contribution in [2.45, 2.75) is 13.5 Å². The molecule has 0 saturated carbocycles. The molecule has 1 aliphatic heterocycles. The number of carbonyl (C=O) groups is 1. The largest absolute Gasteiger partial charge is 0.489 e. The summed E-state index contributed by atoms with van der Waals surface area (Å²) in [5, 5.41) is 2.60. The van der Waals surface area contributed by atoms with E-state index in [1.807, 2.05) is 30.3 Å². The molecule has 3 nitrogen and oxygen atoms in total. The average molecular weight is 341 g/mol. The smallest absolute Gasteiger partial charge is 0.263 e. The zero-order valence-corrected chi connectivity index (χ0v) is 14.2. The summed E-state index contributed by atoms with van der Waals surface area (Å²) in [6, 6.07) is 15.9. The van der Waals surface area contributed by atoms with Crippen molar-refractivity contribution in [3.05, 3.63) is 70.1 Å². The second-order valence-corrected chi connectivity index (χ2v) is 6.91. The number of hydrogen-bond donors (Lipinski definition) is 1. The van der Waals surface area contributed by atoms with Crippen molar-refractivity contribution >= 4 is 40.3 Å². The van der Waals surface area contributed by atoms with Crippen LogP contribution in [0, 0.1) is 6.92 Å². The summed E-state index contributed by atoms with van der Waals surface area (Å²) in [4.78, 5) is 12.2. The summed E-state index contributed by atoms with van der Waals surface area (Å²) < 4.78 is 6.27. The van der Waals surface area contributed by atoms with Crippen molar-refractivity contribution in [3.8, 4) is 5.75 Å². The van der Waals surface area contributed by atoms with Gasteiger partial charge in [-0.1, -0.05) is 65.9 Å². The van der Waals surface area contributed by atoms with Crippen LogP contribution in [0.15, 0.2) is 53.4 Å². The number of thioether (sulfide) groups is 1. The van der Waals surface area contributed by atoms with Gasteiger partial charge >= 0.3 is 0 Å². The summed E-state index contributed by atoms with van der Waals surface area (Å²) >= 11 is 6.25. The number of rotatable bonds is 4. The molecule has 116 valence electrons. The fourth-order valence-electron chi connectivity index (χ4n) is 2.08. The topological polar surface area (TPSA) is 38.3 Å². The highest BCUT2D eigenvalue weighted by Crippen LogP contribution is 2.26. The maximum absolute atomic E-state index is 11.6. The summed E-state index contributed by atoms with van der Waals surface area (Å²) in [7, 11) is 0. The molecule has 3 rings (SSSR count). The lowest BCUT2D eigenvalue weighted by atomic mass is 10.1. The van der Waals surface area contributed by atoms with E-state index >= 15 is 0 Å². The van der Waals surface area contributed by atoms with E-state index in [0.29, 0.717) is 15.8 Å². The molecule has 1 aliphatic rings. The lowest BCUT2D eigenvalue weighted by Gasteiger charge is -2.07. The molecular formula is C18H15NO2S2. The molecule has 0 aromatic heterocycles. The van der Waals surface area contributed by atoms with Gasteiger partial charge in [-0.05, 0) is 36.3 Å². The van der Waals surface area contributed by atoms with Gasteiger partial charge in [-0.15, -0.1) is 0 Å². The lowest BCUT2D eigenvalue weighted by molar-refractivity contribution is -0.115. The van der Waals surface area contributed by atoms with E-state index in [1.165, 1.54) is 17.3 Å². The monoisotopic (exact) mass is 341 g/mol. The van der Waals surface area contributed by atoms with Gasteiger partial charge in [0.1, 0.15) is 16.7 Å². The molecule has 2 aromatic rings. The highest BCUT2D eigenvalue weighted by molar-refractivity contribution is 8.26. The Bertz CT molecular complexity index is 765. The van der Waals surface area contributed by atoms with Crippen LogP contribution in [-0.2, 0) is 11.4 Å². The van der Waals surface area contributed by atoms with Crippen molar-refractivity contribution in [2.24, 2.45) is 0 Å². The number of ether oxygens (including phenoxy) is 1. The van der Waals surface area contributed by atoms with Gasteiger partial charge in [0.2, 0.25) is 0 Å². The SMILES string of the molecule is Cc1ccc(COc2ccc(/C=C3\SC(=S)NC3=O)cc2)cc1. The first-order valence-corrected chi connectivity index (χ1v) is 8.36. The van der Waals surface area contributed by atoms with E-state index in [-0.39, 0.29) is 5.91 Å². The van der Waals surface area contributed by atoms with Crippen LogP contribution in [-0.4, -0.2) is 10.2 Å². The molecule has 1 fully saturated rings. The molecule has 0 bridgehead atoms. The molecule has 0 aliphatic carbocycles. The van der Waals surface area contributed by atoms with Crippen LogP contribution < -0.4 is 10.1 Å². The maximum atomic E-state index is 11.6. The molecule has 5 heteroatoms. The Morgan fingerprint density at radius 3 is 2.43 bits per heavy atom. The molecule has 1 saturated heterocycles. The molecule has 1 N–H and O–H groups in total. The minimum Gasteiger partial charge on any atom is -0.489 e. The number of nitrogens with one attached hydrogen (secondary N) is 1. The Morgan fingerprint density at radius 1 is 1.13 bits per heavy atom. The highest BCUT2D eigenvalue weighted by atomic mass is 32.2. The standard InChI is InChI=1S/C18H15NO2S2/c1-12-2-4-14(5-3-12)11-21-15-8-6-13(7-9-15)10-16-17(20)19-18(22)23-16/h2-10H,11H2,1H3,(H,19,20,22)/b16-10-. The summed E-state index contributed by atoms with van der Waals surface area (Å²) in [5.41, 5.74) is 3.31. The Hall–Kier alpha value is -2.11. The molecular weight excluding hydrogens is 326 g/mol. The number of aryl methyl sites for hydroxylation is 1. The van der Waals surface area contributed by atoms with Crippen molar-refractivity contribution in [1.82, 2.24) is 5.32 Å². The van der Waals surface area contributed by atoms with E-state index < -0.39 is 0 Å². The predicted molar refractivity (Wildman–Crippen MR) is 98.3 cm³/mol. The second-order valence-electron chi connectivity index (χ2n) is 5.20. The van der Waals surface area contributed by atoms with Gasteiger partial charge < -0.3 is 10.1 Å². The molecule has 2 aromatic carbocycles. The van der Waals surface area contributed by atoms with Crippen molar-refractivity contribution in [2.75, 3.05) is 0 Å². The number of amides is 1. The maximum Gasteiger partial charge on any atom is 0.263 e. The zero-order chi connectivity index (χ0) is 16.2. The number of hydrogen-bond acceptors (Lipinski definition) is 4. The minimum absolute atomic E-state index is 0.139. The van der Waals surface area contributed by atoms with Crippen molar-refractivity contribution in [3.63, 3.8) is 0 Å². The van der Waals surface area contributed by atoms with Gasteiger partial charge in [0.25, 0.3) is 5.91 Å². The Morgan fingerprint density at radius 2 is 1.83 bits per heavy atom. The van der Waals surface area contributed by atoms with Gasteiger partial charge in [-0.3, -0.25) is 4.79 Å². The van der Waals surface area contributed by atoms with Gasteiger partial charge in [0.15, 0.2) is 0 Å². The predicted octanol–water partition coefficient (Wildman–Crippen LogP) is 4.06. The van der Waals surface area contributed by atoms with Crippen molar-refractivity contribution < 1.29 is 9.53 Å². The quantitative estimate of drug-likeness (QED) is 0.672. The third kappa shape index (κ3) is 4.21. The van der Waals surface area contributed by atoms with Crippen LogP contribution in [0.5, 0.6) is 5.75 Å². The van der Waals surface area contributed by atoms with Crippen LogP contribution in [0.1, 0.15) is 16.7 Å². The first kappa shape index (κ1) is 15.8. The highest BCUT2D eigenvalue weighted by Gasteiger charge is 2.21.